The van der Waals surface area contributed by atoms with E-state index in [9.17, 15) is 8.42 Å². The summed E-state index contributed by atoms with van der Waals surface area (Å²) < 4.78 is 28.0. The topological polar surface area (TPSA) is 59.1 Å². The van der Waals surface area contributed by atoms with Gasteiger partial charge in [0, 0.05) is 10.3 Å². The van der Waals surface area contributed by atoms with E-state index < -0.39 is 10.0 Å². The summed E-state index contributed by atoms with van der Waals surface area (Å²) in [7, 11) is -3.71. The minimum Gasteiger partial charge on any atom is -0.278 e. The molecule has 1 N–H and O–H groups in total. The van der Waals surface area contributed by atoms with E-state index >= 15 is 0 Å². The number of aromatic nitrogens is 1. The summed E-state index contributed by atoms with van der Waals surface area (Å²) in [5, 5.41) is 3.26. The van der Waals surface area contributed by atoms with Gasteiger partial charge >= 0.3 is 0 Å². The number of aryl methyl sites for hydroxylation is 3. The number of thiazole rings is 1. The Hall–Kier alpha value is -1.41. The maximum atomic E-state index is 12.7. The minimum atomic E-state index is -3.71. The number of hydrogen-bond acceptors (Lipinski definition) is 5. The zero-order valence-corrected chi connectivity index (χ0v) is 16.5. The van der Waals surface area contributed by atoms with Gasteiger partial charge in [0.15, 0.2) is 0 Å². The first kappa shape index (κ1) is 17.4. The number of sulfonamides is 1. The van der Waals surface area contributed by atoms with Crippen LogP contribution in [0.4, 0.5) is 5.69 Å². The molecule has 0 unspecified atom stereocenters. The molecule has 2 heterocycles. The van der Waals surface area contributed by atoms with Gasteiger partial charge in [-0.3, -0.25) is 4.72 Å². The first-order valence-corrected chi connectivity index (χ1v) is 10.6. The van der Waals surface area contributed by atoms with Crippen LogP contribution in [0, 0.1) is 20.8 Å². The molecule has 0 spiro atoms. The van der Waals surface area contributed by atoms with Gasteiger partial charge in [-0.15, -0.1) is 22.7 Å². The van der Waals surface area contributed by atoms with Gasteiger partial charge < -0.3 is 0 Å². The monoisotopic (exact) mass is 398 g/mol. The molecule has 1 aromatic carbocycles. The van der Waals surface area contributed by atoms with Crippen LogP contribution in [-0.4, -0.2) is 13.4 Å². The van der Waals surface area contributed by atoms with Crippen molar-refractivity contribution in [2.75, 3.05) is 4.72 Å². The first-order chi connectivity index (χ1) is 11.3. The molecule has 0 aliphatic rings. The Kier molecular flexibility index (Phi) is 4.70. The highest BCUT2D eigenvalue weighted by Crippen LogP contribution is 2.35. The van der Waals surface area contributed by atoms with Crippen LogP contribution >= 0.6 is 34.3 Å². The number of anilines is 1. The van der Waals surface area contributed by atoms with Gasteiger partial charge in [0.1, 0.15) is 4.90 Å². The van der Waals surface area contributed by atoms with Gasteiger partial charge in [0.2, 0.25) is 0 Å². The first-order valence-electron chi connectivity index (χ1n) is 7.08. The van der Waals surface area contributed by atoms with E-state index in [1.807, 2.05) is 25.3 Å². The van der Waals surface area contributed by atoms with Crippen LogP contribution < -0.4 is 4.72 Å². The quantitative estimate of drug-likeness (QED) is 0.652. The fourth-order valence-corrected chi connectivity index (χ4v) is 5.90. The standard InChI is InChI=1S/C16H15ClN2O2S3/c1-9-4-5-13(12(17)6-9)19-24(20,21)16-7-15(23-10(16)2)14-8-22-11(3)18-14/h4-8,19H,1-3H3. The zero-order valence-electron chi connectivity index (χ0n) is 13.3. The molecule has 2 aromatic heterocycles. The van der Waals surface area contributed by atoms with Gasteiger partial charge in [-0.2, -0.15) is 0 Å². The highest BCUT2D eigenvalue weighted by Gasteiger charge is 2.22. The summed E-state index contributed by atoms with van der Waals surface area (Å²) in [6.45, 7) is 5.61. The van der Waals surface area contributed by atoms with Crippen molar-refractivity contribution >= 4 is 50.0 Å². The predicted octanol–water partition coefficient (Wildman–Crippen LogP) is 5.25. The Morgan fingerprint density at radius 2 is 1.92 bits per heavy atom. The summed E-state index contributed by atoms with van der Waals surface area (Å²) in [5.41, 5.74) is 2.15. The third-order valence-corrected chi connectivity index (χ3v) is 7.18. The Morgan fingerprint density at radius 1 is 1.17 bits per heavy atom. The van der Waals surface area contributed by atoms with Crippen molar-refractivity contribution < 1.29 is 8.42 Å². The van der Waals surface area contributed by atoms with Crippen LogP contribution in [0.15, 0.2) is 34.5 Å². The number of nitrogens with zero attached hydrogens (tertiary/aromatic N) is 1. The fourth-order valence-electron chi connectivity index (χ4n) is 2.24. The van der Waals surface area contributed by atoms with E-state index in [-0.39, 0.29) is 4.90 Å². The van der Waals surface area contributed by atoms with E-state index in [4.69, 9.17) is 11.6 Å². The molecule has 8 heteroatoms. The molecule has 0 aliphatic carbocycles. The minimum absolute atomic E-state index is 0.254. The summed E-state index contributed by atoms with van der Waals surface area (Å²) in [4.78, 5) is 6.23. The van der Waals surface area contributed by atoms with Crippen LogP contribution in [0.25, 0.3) is 10.6 Å². The predicted molar refractivity (Wildman–Crippen MR) is 102 cm³/mol. The maximum absolute atomic E-state index is 12.7. The summed E-state index contributed by atoms with van der Waals surface area (Å²) in [5.74, 6) is 0. The number of nitrogens with one attached hydrogen (secondary N) is 1. The van der Waals surface area contributed by atoms with Crippen molar-refractivity contribution in [3.63, 3.8) is 0 Å². The summed E-state index contributed by atoms with van der Waals surface area (Å²) >= 11 is 9.09. The lowest BCUT2D eigenvalue weighted by atomic mass is 10.2. The highest BCUT2D eigenvalue weighted by atomic mass is 35.5. The maximum Gasteiger partial charge on any atom is 0.263 e. The molecule has 0 aliphatic heterocycles. The molecule has 0 atom stereocenters. The van der Waals surface area contributed by atoms with E-state index in [0.717, 1.165) is 21.1 Å². The Bertz CT molecular complexity index is 1010. The average Bonchev–Trinajstić information content (AvgIpc) is 3.08. The molecule has 3 rings (SSSR count). The van der Waals surface area contributed by atoms with Crippen LogP contribution in [0.5, 0.6) is 0 Å². The number of thiophene rings is 1. The highest BCUT2D eigenvalue weighted by molar-refractivity contribution is 7.93. The van der Waals surface area contributed by atoms with Gasteiger partial charge in [-0.1, -0.05) is 17.7 Å². The van der Waals surface area contributed by atoms with Crippen molar-refractivity contribution in [3.05, 3.63) is 50.1 Å². The zero-order chi connectivity index (χ0) is 17.5. The average molecular weight is 399 g/mol. The van der Waals surface area contributed by atoms with E-state index in [1.165, 1.54) is 11.3 Å². The van der Waals surface area contributed by atoms with Crippen molar-refractivity contribution in [2.45, 2.75) is 25.7 Å². The van der Waals surface area contributed by atoms with Crippen LogP contribution in [0.1, 0.15) is 15.4 Å². The third kappa shape index (κ3) is 3.49. The molecule has 0 radical (unpaired) electrons. The van der Waals surface area contributed by atoms with Gasteiger partial charge in [0.05, 0.1) is 26.3 Å². The molecule has 4 nitrogen and oxygen atoms in total. The van der Waals surface area contributed by atoms with Crippen molar-refractivity contribution in [1.29, 1.82) is 0 Å². The molecule has 24 heavy (non-hydrogen) atoms. The van der Waals surface area contributed by atoms with E-state index in [2.05, 4.69) is 9.71 Å². The third-order valence-electron chi connectivity index (χ3n) is 3.40. The molecule has 0 bridgehead atoms. The largest absolute Gasteiger partial charge is 0.278 e. The summed E-state index contributed by atoms with van der Waals surface area (Å²) in [6.07, 6.45) is 0. The fraction of sp³-hybridized carbons (Fsp3) is 0.188. The molecular weight excluding hydrogens is 384 g/mol. The number of halogens is 1. The lowest BCUT2D eigenvalue weighted by molar-refractivity contribution is 0.601. The molecule has 0 fully saturated rings. The van der Waals surface area contributed by atoms with Crippen molar-refractivity contribution in [1.82, 2.24) is 4.98 Å². The van der Waals surface area contributed by atoms with E-state index in [0.29, 0.717) is 15.6 Å². The summed E-state index contributed by atoms with van der Waals surface area (Å²) in [6, 6.07) is 6.87. The van der Waals surface area contributed by atoms with Gasteiger partial charge in [-0.25, -0.2) is 13.4 Å². The Balaban J connectivity index is 1.96. The molecule has 3 aromatic rings. The van der Waals surface area contributed by atoms with Crippen LogP contribution in [-0.2, 0) is 10.0 Å². The molecule has 0 saturated heterocycles. The second kappa shape index (κ2) is 6.48. The molecule has 0 amide bonds. The molecule has 0 saturated carbocycles. The Morgan fingerprint density at radius 3 is 2.54 bits per heavy atom. The SMILES string of the molecule is Cc1ccc(NS(=O)(=O)c2cc(-c3csc(C)n3)sc2C)c(Cl)c1. The number of rotatable bonds is 4. The van der Waals surface area contributed by atoms with E-state index in [1.54, 1.807) is 36.5 Å². The Labute approximate surface area is 154 Å². The number of benzene rings is 1. The van der Waals surface area contributed by atoms with Crippen LogP contribution in [0.2, 0.25) is 5.02 Å². The lowest BCUT2D eigenvalue weighted by Crippen LogP contribution is -2.13. The lowest BCUT2D eigenvalue weighted by Gasteiger charge is -2.09. The molecule has 126 valence electrons. The van der Waals surface area contributed by atoms with Gasteiger partial charge in [0.25, 0.3) is 10.0 Å². The normalized spacial score (nSPS) is 11.7. The molecular formula is C16H15ClN2O2S3. The smallest absolute Gasteiger partial charge is 0.263 e. The second-order valence-electron chi connectivity index (χ2n) is 5.37. The van der Waals surface area contributed by atoms with Gasteiger partial charge in [-0.05, 0) is 44.5 Å². The van der Waals surface area contributed by atoms with Crippen molar-refractivity contribution in [3.8, 4) is 10.6 Å². The van der Waals surface area contributed by atoms with Crippen molar-refractivity contribution in [2.24, 2.45) is 0 Å². The van der Waals surface area contributed by atoms with Crippen LogP contribution in [0.3, 0.4) is 0 Å². The number of hydrogen-bond donors (Lipinski definition) is 1. The second-order valence-corrected chi connectivity index (χ2v) is 9.75.